The third-order valence-corrected chi connectivity index (χ3v) is 6.20. The van der Waals surface area contributed by atoms with Gasteiger partial charge >= 0.3 is 5.97 Å². The van der Waals surface area contributed by atoms with E-state index in [9.17, 15) is 19.2 Å². The molecule has 1 aromatic heterocycles. The smallest absolute Gasteiger partial charge is 0.329 e. The number of esters is 1. The van der Waals surface area contributed by atoms with E-state index in [-0.39, 0.29) is 36.2 Å². The Kier molecular flexibility index (Phi) is 11.3. The van der Waals surface area contributed by atoms with E-state index in [0.717, 1.165) is 4.90 Å². The van der Waals surface area contributed by atoms with Crippen molar-refractivity contribution in [3.05, 3.63) is 47.4 Å². The van der Waals surface area contributed by atoms with Gasteiger partial charge in [-0.25, -0.2) is 9.78 Å². The Labute approximate surface area is 215 Å². The summed E-state index contributed by atoms with van der Waals surface area (Å²) < 4.78 is 5.62. The van der Waals surface area contributed by atoms with E-state index in [0.29, 0.717) is 17.9 Å². The van der Waals surface area contributed by atoms with Gasteiger partial charge in [-0.2, -0.15) is 12.6 Å². The van der Waals surface area contributed by atoms with Crippen LogP contribution in [-0.4, -0.2) is 52.8 Å². The van der Waals surface area contributed by atoms with Gasteiger partial charge in [-0.15, -0.1) is 11.8 Å². The van der Waals surface area contributed by atoms with Crippen LogP contribution in [0.4, 0.5) is 0 Å². The molecule has 3 amide bonds. The standard InChI is InChI=1S/C24H32N4O5S2/c1-5-16-22(30)28-21(14(2)3)24(32)33-15(8-6-7-11-34)12-20(29)25-13-18-19(35-4)10-9-17(26-18)23(31)27-16/h5-6,8-10,14-15,21,34H,7,11-13H2,1-4H3,(H,25,29)(H,27,31)(H,28,30)/b8-6+,16-5-/t15-,21+/m1/s1. The summed E-state index contributed by atoms with van der Waals surface area (Å²) in [5.41, 5.74) is 0.589. The molecule has 0 fully saturated rings. The lowest BCUT2D eigenvalue weighted by molar-refractivity contribution is -0.153. The van der Waals surface area contributed by atoms with Crippen LogP contribution in [0.15, 0.2) is 41.0 Å². The van der Waals surface area contributed by atoms with Gasteiger partial charge in [-0.1, -0.05) is 26.0 Å². The van der Waals surface area contributed by atoms with Gasteiger partial charge in [0.05, 0.1) is 18.7 Å². The van der Waals surface area contributed by atoms with Crippen LogP contribution in [-0.2, 0) is 25.7 Å². The lowest BCUT2D eigenvalue weighted by atomic mass is 10.0. The van der Waals surface area contributed by atoms with Crippen LogP contribution in [0.3, 0.4) is 0 Å². The summed E-state index contributed by atoms with van der Waals surface area (Å²) in [4.78, 5) is 56.6. The second-order valence-corrected chi connectivity index (χ2v) is 9.39. The summed E-state index contributed by atoms with van der Waals surface area (Å²) in [7, 11) is 0. The summed E-state index contributed by atoms with van der Waals surface area (Å²) in [6.07, 6.45) is 6.46. The zero-order valence-corrected chi connectivity index (χ0v) is 22.0. The van der Waals surface area contributed by atoms with E-state index < -0.39 is 29.9 Å². The van der Waals surface area contributed by atoms with E-state index in [4.69, 9.17) is 4.74 Å². The van der Waals surface area contributed by atoms with Gasteiger partial charge in [0.25, 0.3) is 11.8 Å². The predicted molar refractivity (Wildman–Crippen MR) is 138 cm³/mol. The second-order valence-electron chi connectivity index (χ2n) is 8.09. The Hall–Kier alpha value is -2.79. The molecule has 190 valence electrons. The Morgan fingerprint density at radius 1 is 1.23 bits per heavy atom. The first kappa shape index (κ1) is 28.4. The number of thiol groups is 1. The largest absolute Gasteiger partial charge is 0.456 e. The van der Waals surface area contributed by atoms with Crippen LogP contribution in [0.1, 0.15) is 49.8 Å². The molecule has 0 spiro atoms. The number of fused-ring (bicyclic) bond motifs is 2. The van der Waals surface area contributed by atoms with Crippen molar-refractivity contribution in [3.8, 4) is 0 Å². The number of hydrogen-bond acceptors (Lipinski definition) is 8. The highest BCUT2D eigenvalue weighted by Gasteiger charge is 2.30. The molecule has 2 atom stereocenters. The van der Waals surface area contributed by atoms with Crippen LogP contribution in [0.5, 0.6) is 0 Å². The van der Waals surface area contributed by atoms with E-state index in [1.54, 1.807) is 45.1 Å². The molecular formula is C24H32N4O5S2. The predicted octanol–water partition coefficient (Wildman–Crippen LogP) is 2.39. The molecule has 3 N–H and O–H groups in total. The van der Waals surface area contributed by atoms with Crippen LogP contribution < -0.4 is 16.0 Å². The van der Waals surface area contributed by atoms with Crippen LogP contribution in [0, 0.1) is 5.92 Å². The lowest BCUT2D eigenvalue weighted by Crippen LogP contribution is -2.48. The zero-order valence-electron chi connectivity index (χ0n) is 20.3. The molecule has 0 saturated heterocycles. The monoisotopic (exact) mass is 520 g/mol. The highest BCUT2D eigenvalue weighted by Crippen LogP contribution is 2.20. The Morgan fingerprint density at radius 2 is 1.97 bits per heavy atom. The number of nitrogens with one attached hydrogen (secondary N) is 3. The number of aromatic nitrogens is 1. The molecule has 1 aliphatic rings. The minimum Gasteiger partial charge on any atom is -0.456 e. The number of carbonyl (C=O) groups is 4. The fraction of sp³-hybridized carbons (Fsp3) is 0.458. The quantitative estimate of drug-likeness (QED) is 0.154. The summed E-state index contributed by atoms with van der Waals surface area (Å²) >= 11 is 5.60. The summed E-state index contributed by atoms with van der Waals surface area (Å²) in [5, 5.41) is 7.98. The van der Waals surface area contributed by atoms with Crippen LogP contribution in [0.2, 0.25) is 0 Å². The average molecular weight is 521 g/mol. The van der Waals surface area contributed by atoms with E-state index in [1.807, 2.05) is 6.26 Å². The van der Waals surface area contributed by atoms with Gasteiger partial charge in [0.2, 0.25) is 5.91 Å². The fourth-order valence-corrected chi connectivity index (χ4v) is 3.93. The summed E-state index contributed by atoms with van der Waals surface area (Å²) in [5.74, 6) is -1.95. The van der Waals surface area contributed by atoms with Crippen LogP contribution >= 0.6 is 24.4 Å². The Bertz CT molecular complexity index is 1010. The van der Waals surface area contributed by atoms with Gasteiger partial charge in [0.15, 0.2) is 0 Å². The van der Waals surface area contributed by atoms with Gasteiger partial charge in [0, 0.05) is 4.90 Å². The van der Waals surface area contributed by atoms with Gasteiger partial charge in [-0.3, -0.25) is 14.4 Å². The molecular weight excluding hydrogens is 488 g/mol. The Morgan fingerprint density at radius 3 is 2.60 bits per heavy atom. The van der Waals surface area contributed by atoms with Crippen molar-refractivity contribution >= 4 is 48.1 Å². The van der Waals surface area contributed by atoms with Crippen molar-refractivity contribution in [1.29, 1.82) is 0 Å². The maximum Gasteiger partial charge on any atom is 0.329 e. The molecule has 11 heteroatoms. The molecule has 1 aliphatic heterocycles. The highest BCUT2D eigenvalue weighted by molar-refractivity contribution is 7.98. The third-order valence-electron chi connectivity index (χ3n) is 5.13. The molecule has 2 bridgehead atoms. The van der Waals surface area contributed by atoms with Gasteiger partial charge in [0.1, 0.15) is 23.5 Å². The first-order valence-corrected chi connectivity index (χ1v) is 13.1. The number of carbonyl (C=O) groups excluding carboxylic acids is 4. The maximum absolute atomic E-state index is 13.0. The number of thioether (sulfide) groups is 1. The van der Waals surface area contributed by atoms with Crippen molar-refractivity contribution in [3.63, 3.8) is 0 Å². The molecule has 2 rings (SSSR count). The summed E-state index contributed by atoms with van der Waals surface area (Å²) in [6.45, 7) is 5.21. The average Bonchev–Trinajstić information content (AvgIpc) is 2.83. The molecule has 0 aliphatic carbocycles. The molecule has 0 aromatic carbocycles. The van der Waals surface area contributed by atoms with Crippen molar-refractivity contribution in [2.75, 3.05) is 12.0 Å². The van der Waals surface area contributed by atoms with Crippen molar-refractivity contribution in [2.45, 2.75) is 57.2 Å². The fourth-order valence-electron chi connectivity index (χ4n) is 3.22. The normalized spacial score (nSPS) is 21.6. The number of nitrogens with zero attached hydrogens (tertiary/aromatic N) is 1. The maximum atomic E-state index is 13.0. The topological polar surface area (TPSA) is 126 Å². The summed E-state index contributed by atoms with van der Waals surface area (Å²) in [6, 6.07) is 2.31. The molecule has 1 aromatic rings. The van der Waals surface area contributed by atoms with Crippen molar-refractivity contribution in [1.82, 2.24) is 20.9 Å². The Balaban J connectivity index is 2.46. The highest BCUT2D eigenvalue weighted by atomic mass is 32.2. The van der Waals surface area contributed by atoms with E-state index in [1.165, 1.54) is 17.8 Å². The van der Waals surface area contributed by atoms with Crippen molar-refractivity contribution in [2.24, 2.45) is 5.92 Å². The lowest BCUT2D eigenvalue weighted by Gasteiger charge is -2.24. The molecule has 35 heavy (non-hydrogen) atoms. The minimum absolute atomic E-state index is 0.0173. The number of amides is 3. The number of rotatable bonds is 5. The number of cyclic esters (lactones) is 1. The minimum atomic E-state index is -0.989. The van der Waals surface area contributed by atoms with E-state index in [2.05, 4.69) is 33.6 Å². The number of allylic oxidation sites excluding steroid dienone is 2. The molecule has 2 heterocycles. The van der Waals surface area contributed by atoms with Crippen LogP contribution in [0.25, 0.3) is 0 Å². The van der Waals surface area contributed by atoms with E-state index >= 15 is 0 Å². The van der Waals surface area contributed by atoms with Crippen molar-refractivity contribution < 1.29 is 23.9 Å². The molecule has 0 unspecified atom stereocenters. The third kappa shape index (κ3) is 8.43. The number of ether oxygens (including phenoxy) is 1. The van der Waals surface area contributed by atoms with Gasteiger partial charge < -0.3 is 20.7 Å². The van der Waals surface area contributed by atoms with Gasteiger partial charge in [-0.05, 0) is 49.5 Å². The molecule has 0 saturated carbocycles. The zero-order chi connectivity index (χ0) is 26.0. The molecule has 9 nitrogen and oxygen atoms in total. The first-order chi connectivity index (χ1) is 16.7. The second kappa shape index (κ2) is 13.9. The first-order valence-electron chi connectivity index (χ1n) is 11.3. The number of pyridine rings is 1. The number of hydrogen-bond donors (Lipinski definition) is 4. The SMILES string of the molecule is C/C=C1\NC(=O)c2ccc(SC)c(n2)CNC(=O)C[C@@H](/C=C/CCS)OC(=O)[C@H](C(C)C)NC1=O. The molecule has 0 radical (unpaired) electrons.